The highest BCUT2D eigenvalue weighted by Gasteiger charge is 2.32. The van der Waals surface area contributed by atoms with Crippen LogP contribution in [0.4, 0.5) is 4.79 Å². The highest BCUT2D eigenvalue weighted by molar-refractivity contribution is 5.96. The molecule has 98 valence electrons. The number of rotatable bonds is 3. The number of nitrogens with two attached hydrogens (primary N) is 1. The third-order valence-corrected chi connectivity index (χ3v) is 3.68. The van der Waals surface area contributed by atoms with Gasteiger partial charge in [-0.25, -0.2) is 4.79 Å². The van der Waals surface area contributed by atoms with E-state index >= 15 is 0 Å². The van der Waals surface area contributed by atoms with Crippen molar-refractivity contribution in [3.05, 3.63) is 0 Å². The fourth-order valence-electron chi connectivity index (χ4n) is 2.05. The van der Waals surface area contributed by atoms with E-state index < -0.39 is 6.03 Å². The predicted octanol–water partition coefficient (Wildman–Crippen LogP) is -0.356. The lowest BCUT2D eigenvalue weighted by Crippen LogP contribution is -2.55. The van der Waals surface area contributed by atoms with Crippen molar-refractivity contribution in [1.29, 1.82) is 0 Å². The van der Waals surface area contributed by atoms with Gasteiger partial charge in [-0.1, -0.05) is 0 Å². The Labute approximate surface area is 102 Å². The lowest BCUT2D eigenvalue weighted by Gasteiger charge is -2.41. The molecule has 6 heteroatoms. The van der Waals surface area contributed by atoms with Crippen molar-refractivity contribution in [1.82, 2.24) is 15.5 Å². The summed E-state index contributed by atoms with van der Waals surface area (Å²) in [6, 6.07) is -1.11. The van der Waals surface area contributed by atoms with Gasteiger partial charge in [-0.15, -0.1) is 0 Å². The van der Waals surface area contributed by atoms with Gasteiger partial charge in [0.1, 0.15) is 0 Å². The molecule has 1 rings (SSSR count). The van der Waals surface area contributed by atoms with E-state index in [-0.39, 0.29) is 17.5 Å². The summed E-state index contributed by atoms with van der Waals surface area (Å²) >= 11 is 0. The molecule has 0 aromatic heterocycles. The Hall–Kier alpha value is -1.14. The smallest absolute Gasteiger partial charge is 0.318 e. The summed E-state index contributed by atoms with van der Waals surface area (Å²) in [6.45, 7) is 5.65. The van der Waals surface area contributed by atoms with Gasteiger partial charge in [0.25, 0.3) is 0 Å². The highest BCUT2D eigenvalue weighted by Crippen LogP contribution is 2.22. The van der Waals surface area contributed by atoms with Crippen molar-refractivity contribution in [2.75, 3.05) is 20.1 Å². The summed E-state index contributed by atoms with van der Waals surface area (Å²) < 4.78 is 0. The van der Waals surface area contributed by atoms with Crippen LogP contribution < -0.4 is 16.4 Å². The largest absolute Gasteiger partial charge is 0.351 e. The van der Waals surface area contributed by atoms with Crippen LogP contribution in [-0.2, 0) is 4.79 Å². The topological polar surface area (TPSA) is 87.5 Å². The molecule has 3 amide bonds. The molecular formula is C11H22N4O2. The van der Waals surface area contributed by atoms with E-state index in [9.17, 15) is 9.59 Å². The number of carbonyl (C=O) groups excluding carboxylic acids is 2. The summed E-state index contributed by atoms with van der Waals surface area (Å²) in [5.74, 6) is -0.328. The van der Waals surface area contributed by atoms with Gasteiger partial charge in [0, 0.05) is 18.6 Å². The highest BCUT2D eigenvalue weighted by atomic mass is 16.2. The van der Waals surface area contributed by atoms with Crippen molar-refractivity contribution in [2.24, 2.45) is 5.73 Å². The molecule has 1 atom stereocenters. The molecule has 0 bridgehead atoms. The maximum atomic E-state index is 11.6. The number of hydrogen-bond donors (Lipinski definition) is 3. The van der Waals surface area contributed by atoms with E-state index in [1.807, 2.05) is 7.05 Å². The predicted molar refractivity (Wildman–Crippen MR) is 65.5 cm³/mol. The van der Waals surface area contributed by atoms with Crippen LogP contribution in [0.15, 0.2) is 0 Å². The SMILES string of the molecule is CNC1(C)CCN(C(C)C(=O)NC(N)=O)CC1. The number of nitrogens with one attached hydrogen (secondary N) is 2. The molecule has 1 unspecified atom stereocenters. The minimum Gasteiger partial charge on any atom is -0.351 e. The molecule has 17 heavy (non-hydrogen) atoms. The van der Waals surface area contributed by atoms with Gasteiger partial charge in [0.15, 0.2) is 0 Å². The van der Waals surface area contributed by atoms with Crippen molar-refractivity contribution in [3.63, 3.8) is 0 Å². The van der Waals surface area contributed by atoms with Gasteiger partial charge in [-0.2, -0.15) is 0 Å². The summed E-state index contributed by atoms with van der Waals surface area (Å²) in [4.78, 5) is 24.3. The second-order valence-electron chi connectivity index (χ2n) is 4.88. The maximum absolute atomic E-state index is 11.6. The second-order valence-corrected chi connectivity index (χ2v) is 4.88. The molecule has 1 aliphatic heterocycles. The fraction of sp³-hybridized carbons (Fsp3) is 0.818. The first-order valence-electron chi connectivity index (χ1n) is 5.91. The van der Waals surface area contributed by atoms with Crippen LogP contribution in [0.25, 0.3) is 0 Å². The van der Waals surface area contributed by atoms with Crippen LogP contribution in [0.5, 0.6) is 0 Å². The molecule has 1 fully saturated rings. The Kier molecular flexibility index (Phi) is 4.47. The zero-order valence-electron chi connectivity index (χ0n) is 10.7. The van der Waals surface area contributed by atoms with Gasteiger partial charge in [-0.05, 0) is 33.7 Å². The lowest BCUT2D eigenvalue weighted by atomic mass is 9.89. The second kappa shape index (κ2) is 5.46. The van der Waals surface area contributed by atoms with Gasteiger partial charge in [0.2, 0.25) is 5.91 Å². The molecular weight excluding hydrogens is 220 g/mol. The Balaban J connectivity index is 2.48. The Morgan fingerprint density at radius 3 is 2.29 bits per heavy atom. The zero-order valence-corrected chi connectivity index (χ0v) is 10.7. The van der Waals surface area contributed by atoms with Crippen molar-refractivity contribution >= 4 is 11.9 Å². The van der Waals surface area contributed by atoms with E-state index in [1.54, 1.807) is 6.92 Å². The Morgan fingerprint density at radius 2 is 1.88 bits per heavy atom. The number of amides is 3. The first-order chi connectivity index (χ1) is 7.88. The molecule has 4 N–H and O–H groups in total. The molecule has 1 saturated heterocycles. The maximum Gasteiger partial charge on any atom is 0.318 e. The lowest BCUT2D eigenvalue weighted by molar-refractivity contribution is -0.125. The van der Waals surface area contributed by atoms with Crippen molar-refractivity contribution in [3.8, 4) is 0 Å². The van der Waals surface area contributed by atoms with Crippen molar-refractivity contribution in [2.45, 2.75) is 38.3 Å². The third kappa shape index (κ3) is 3.67. The molecule has 1 heterocycles. The molecule has 0 aromatic rings. The van der Waals surface area contributed by atoms with Crippen LogP contribution in [-0.4, -0.2) is 48.6 Å². The van der Waals surface area contributed by atoms with Crippen molar-refractivity contribution < 1.29 is 9.59 Å². The number of likely N-dealkylation sites (tertiary alicyclic amines) is 1. The van der Waals surface area contributed by atoms with Crippen LogP contribution in [0.2, 0.25) is 0 Å². The molecule has 0 saturated carbocycles. The zero-order chi connectivity index (χ0) is 13.1. The molecule has 0 spiro atoms. The molecule has 6 nitrogen and oxygen atoms in total. The monoisotopic (exact) mass is 242 g/mol. The van der Waals surface area contributed by atoms with Gasteiger partial charge in [0.05, 0.1) is 6.04 Å². The van der Waals surface area contributed by atoms with Crippen LogP contribution >= 0.6 is 0 Å². The fourth-order valence-corrected chi connectivity index (χ4v) is 2.05. The number of hydrogen-bond acceptors (Lipinski definition) is 4. The van der Waals surface area contributed by atoms with Gasteiger partial charge >= 0.3 is 6.03 Å². The summed E-state index contributed by atoms with van der Waals surface area (Å²) in [5.41, 5.74) is 5.08. The number of primary amides is 1. The number of piperidine rings is 1. The quantitative estimate of drug-likeness (QED) is 0.631. The van der Waals surface area contributed by atoms with Gasteiger partial charge < -0.3 is 11.1 Å². The minimum atomic E-state index is -0.793. The normalized spacial score (nSPS) is 21.8. The number of carbonyl (C=O) groups is 2. The first-order valence-corrected chi connectivity index (χ1v) is 5.91. The van der Waals surface area contributed by atoms with Crippen LogP contribution in [0.3, 0.4) is 0 Å². The average molecular weight is 242 g/mol. The standard InChI is InChI=1S/C11H22N4O2/c1-8(9(16)14-10(12)17)15-6-4-11(2,13-3)5-7-15/h8,13H,4-7H2,1-3H3,(H3,12,14,16,17). The molecule has 0 aromatic carbocycles. The molecule has 0 aliphatic carbocycles. The van der Waals surface area contributed by atoms with E-state index in [2.05, 4.69) is 22.5 Å². The average Bonchev–Trinajstić information content (AvgIpc) is 2.28. The van der Waals surface area contributed by atoms with E-state index in [0.717, 1.165) is 25.9 Å². The molecule has 0 radical (unpaired) electrons. The van der Waals surface area contributed by atoms with E-state index in [1.165, 1.54) is 0 Å². The van der Waals surface area contributed by atoms with Crippen LogP contribution in [0.1, 0.15) is 26.7 Å². The summed E-state index contributed by atoms with van der Waals surface area (Å²) in [5, 5.41) is 5.42. The third-order valence-electron chi connectivity index (χ3n) is 3.68. The molecule has 1 aliphatic rings. The summed E-state index contributed by atoms with van der Waals surface area (Å²) in [6.07, 6.45) is 1.97. The number of nitrogens with zero attached hydrogens (tertiary/aromatic N) is 1. The number of urea groups is 1. The van der Waals surface area contributed by atoms with Gasteiger partial charge in [-0.3, -0.25) is 15.0 Å². The minimum absolute atomic E-state index is 0.149. The van der Waals surface area contributed by atoms with E-state index in [0.29, 0.717) is 0 Å². The van der Waals surface area contributed by atoms with Crippen LogP contribution in [0, 0.1) is 0 Å². The summed E-state index contributed by atoms with van der Waals surface area (Å²) in [7, 11) is 1.96. The first kappa shape index (κ1) is 13.9. The Bertz CT molecular complexity index is 298. The number of imide groups is 1. The van der Waals surface area contributed by atoms with E-state index in [4.69, 9.17) is 5.73 Å². The Morgan fingerprint density at radius 1 is 1.35 bits per heavy atom.